The minimum Gasteiger partial charge on any atom is -0.496 e. The Hall–Kier alpha value is -2.57. The van der Waals surface area contributed by atoms with E-state index in [9.17, 15) is 14.4 Å². The van der Waals surface area contributed by atoms with Crippen molar-refractivity contribution in [1.82, 2.24) is 10.6 Å². The lowest BCUT2D eigenvalue weighted by atomic mass is 10.1. The largest absolute Gasteiger partial charge is 0.496 e. The highest BCUT2D eigenvalue weighted by atomic mass is 16.5. The Bertz CT molecular complexity index is 601. The molecule has 0 aliphatic carbocycles. The smallest absolute Gasteiger partial charge is 0.342 e. The van der Waals surface area contributed by atoms with Crippen LogP contribution in [-0.2, 0) is 14.3 Å². The zero-order valence-corrected chi connectivity index (χ0v) is 14.5. The summed E-state index contributed by atoms with van der Waals surface area (Å²) in [7, 11) is 1.45. The first kappa shape index (κ1) is 19.5. The molecule has 0 saturated heterocycles. The Morgan fingerprint density at radius 2 is 1.96 bits per heavy atom. The number of rotatable bonds is 8. The Morgan fingerprint density at radius 1 is 1.25 bits per heavy atom. The van der Waals surface area contributed by atoms with E-state index in [4.69, 9.17) is 9.47 Å². The van der Waals surface area contributed by atoms with Crippen LogP contribution in [0, 0.1) is 6.92 Å². The second-order valence-corrected chi connectivity index (χ2v) is 5.36. The number of methoxy groups -OCH3 is 1. The highest BCUT2D eigenvalue weighted by Crippen LogP contribution is 2.20. The minimum absolute atomic E-state index is 0.249. The zero-order valence-electron chi connectivity index (χ0n) is 14.5. The fraction of sp³-hybridized carbons (Fsp3) is 0.471. The number of carbonyl (C=O) groups is 3. The number of aryl methyl sites for hydroxylation is 1. The molecule has 0 aromatic heterocycles. The molecule has 0 spiro atoms. The predicted octanol–water partition coefficient (Wildman–Crippen LogP) is 1.19. The fourth-order valence-corrected chi connectivity index (χ4v) is 1.94. The van der Waals surface area contributed by atoms with Crippen LogP contribution in [0.5, 0.6) is 5.75 Å². The third-order valence-corrected chi connectivity index (χ3v) is 3.23. The summed E-state index contributed by atoms with van der Waals surface area (Å²) in [6, 6.07) is 4.39. The lowest BCUT2D eigenvalue weighted by Crippen LogP contribution is -2.46. The number of ether oxygens (including phenoxy) is 2. The van der Waals surface area contributed by atoms with E-state index in [1.54, 1.807) is 25.1 Å². The third kappa shape index (κ3) is 5.91. The van der Waals surface area contributed by atoms with Gasteiger partial charge in [0.05, 0.1) is 7.11 Å². The summed E-state index contributed by atoms with van der Waals surface area (Å²) < 4.78 is 10.1. The first-order valence-corrected chi connectivity index (χ1v) is 7.77. The number of hydrogen-bond acceptors (Lipinski definition) is 5. The van der Waals surface area contributed by atoms with Crippen molar-refractivity contribution < 1.29 is 23.9 Å². The van der Waals surface area contributed by atoms with Gasteiger partial charge in [-0.05, 0) is 32.4 Å². The van der Waals surface area contributed by atoms with Gasteiger partial charge in [-0.2, -0.15) is 0 Å². The van der Waals surface area contributed by atoms with Crippen molar-refractivity contribution >= 4 is 17.8 Å². The van der Waals surface area contributed by atoms with Crippen LogP contribution in [0.25, 0.3) is 0 Å². The van der Waals surface area contributed by atoms with Gasteiger partial charge in [-0.15, -0.1) is 0 Å². The fourth-order valence-electron chi connectivity index (χ4n) is 1.94. The van der Waals surface area contributed by atoms with E-state index in [1.165, 1.54) is 7.11 Å². The van der Waals surface area contributed by atoms with Gasteiger partial charge in [-0.25, -0.2) is 4.79 Å². The molecule has 1 aromatic carbocycles. The van der Waals surface area contributed by atoms with Crippen LogP contribution in [0.4, 0.5) is 0 Å². The van der Waals surface area contributed by atoms with E-state index in [0.29, 0.717) is 12.3 Å². The lowest BCUT2D eigenvalue weighted by Gasteiger charge is -2.14. The highest BCUT2D eigenvalue weighted by Gasteiger charge is 2.18. The quantitative estimate of drug-likeness (QED) is 0.696. The van der Waals surface area contributed by atoms with E-state index in [2.05, 4.69) is 10.6 Å². The van der Waals surface area contributed by atoms with Crippen LogP contribution >= 0.6 is 0 Å². The number of carbonyl (C=O) groups excluding carboxylic acids is 3. The van der Waals surface area contributed by atoms with E-state index >= 15 is 0 Å². The predicted molar refractivity (Wildman–Crippen MR) is 88.9 cm³/mol. The molecule has 0 aliphatic rings. The van der Waals surface area contributed by atoms with Gasteiger partial charge in [-0.1, -0.05) is 18.6 Å². The summed E-state index contributed by atoms with van der Waals surface area (Å²) in [5.74, 6) is -1.11. The van der Waals surface area contributed by atoms with Crippen LogP contribution < -0.4 is 15.4 Å². The number of nitrogens with one attached hydrogen (secondary N) is 2. The van der Waals surface area contributed by atoms with Gasteiger partial charge in [0.15, 0.2) is 6.61 Å². The van der Waals surface area contributed by atoms with Gasteiger partial charge in [0.25, 0.3) is 5.91 Å². The molecule has 24 heavy (non-hydrogen) atoms. The van der Waals surface area contributed by atoms with Crippen LogP contribution in [0.1, 0.15) is 36.2 Å². The second-order valence-electron chi connectivity index (χ2n) is 5.36. The molecule has 2 amide bonds. The number of amides is 2. The molecular formula is C17H24N2O5. The molecule has 0 bridgehead atoms. The summed E-state index contributed by atoms with van der Waals surface area (Å²) in [4.78, 5) is 35.5. The van der Waals surface area contributed by atoms with E-state index < -0.39 is 24.5 Å². The molecule has 132 valence electrons. The van der Waals surface area contributed by atoms with Gasteiger partial charge >= 0.3 is 5.97 Å². The molecule has 7 heteroatoms. The van der Waals surface area contributed by atoms with Crippen molar-refractivity contribution in [3.63, 3.8) is 0 Å². The average Bonchev–Trinajstić information content (AvgIpc) is 2.57. The second kappa shape index (κ2) is 9.54. The Balaban J connectivity index is 2.54. The Morgan fingerprint density at radius 3 is 2.58 bits per heavy atom. The summed E-state index contributed by atoms with van der Waals surface area (Å²) in [5, 5.41) is 5.15. The molecule has 0 radical (unpaired) electrons. The zero-order chi connectivity index (χ0) is 18.1. The molecule has 0 saturated carbocycles. The summed E-state index contributed by atoms with van der Waals surface area (Å²) in [5.41, 5.74) is 1.12. The van der Waals surface area contributed by atoms with Crippen molar-refractivity contribution in [1.29, 1.82) is 0 Å². The molecule has 1 atom stereocenters. The van der Waals surface area contributed by atoms with Gasteiger partial charge in [0.2, 0.25) is 5.91 Å². The first-order valence-electron chi connectivity index (χ1n) is 7.77. The van der Waals surface area contributed by atoms with E-state index in [1.807, 2.05) is 13.8 Å². The molecule has 1 aromatic rings. The summed E-state index contributed by atoms with van der Waals surface area (Å²) in [6.45, 7) is 5.40. The van der Waals surface area contributed by atoms with Gasteiger partial charge in [0, 0.05) is 6.54 Å². The van der Waals surface area contributed by atoms with Crippen LogP contribution in [0.2, 0.25) is 0 Å². The summed E-state index contributed by atoms with van der Waals surface area (Å²) in [6.07, 6.45) is 0.808. The van der Waals surface area contributed by atoms with Gasteiger partial charge in [-0.3, -0.25) is 9.59 Å². The van der Waals surface area contributed by atoms with Crippen LogP contribution in [0.15, 0.2) is 18.2 Å². The van der Waals surface area contributed by atoms with Crippen LogP contribution in [-0.4, -0.2) is 44.1 Å². The standard InChI is InChI=1S/C17H24N2O5/c1-5-8-18-16(21)12(3)19-15(20)10-24-17(22)13-9-11(2)6-7-14(13)23-4/h6-7,9,12H,5,8,10H2,1-4H3,(H,18,21)(H,19,20)/t12-/m1/s1. The molecule has 0 heterocycles. The number of benzene rings is 1. The average molecular weight is 336 g/mol. The van der Waals surface area contributed by atoms with E-state index in [0.717, 1.165) is 12.0 Å². The maximum Gasteiger partial charge on any atom is 0.342 e. The lowest BCUT2D eigenvalue weighted by molar-refractivity contribution is -0.130. The van der Waals surface area contributed by atoms with E-state index in [-0.39, 0.29) is 11.5 Å². The normalized spacial score (nSPS) is 11.3. The molecule has 2 N–H and O–H groups in total. The number of hydrogen-bond donors (Lipinski definition) is 2. The maximum atomic E-state index is 12.1. The SMILES string of the molecule is CCCNC(=O)[C@@H](C)NC(=O)COC(=O)c1cc(C)ccc1OC. The van der Waals surface area contributed by atoms with Crippen LogP contribution in [0.3, 0.4) is 0 Å². The molecule has 0 fully saturated rings. The third-order valence-electron chi connectivity index (χ3n) is 3.23. The Kier molecular flexibility index (Phi) is 7.74. The number of esters is 1. The van der Waals surface area contributed by atoms with Crippen molar-refractivity contribution in [3.05, 3.63) is 29.3 Å². The Labute approximate surface area is 141 Å². The molecule has 7 nitrogen and oxygen atoms in total. The van der Waals surface area contributed by atoms with Crippen molar-refractivity contribution in [2.75, 3.05) is 20.3 Å². The minimum atomic E-state index is -0.698. The molecular weight excluding hydrogens is 312 g/mol. The monoisotopic (exact) mass is 336 g/mol. The highest BCUT2D eigenvalue weighted by molar-refractivity contribution is 5.94. The van der Waals surface area contributed by atoms with Gasteiger partial charge in [0.1, 0.15) is 17.4 Å². The topological polar surface area (TPSA) is 93.7 Å². The first-order chi connectivity index (χ1) is 11.4. The molecule has 0 aliphatic heterocycles. The molecule has 0 unspecified atom stereocenters. The van der Waals surface area contributed by atoms with Crippen molar-refractivity contribution in [3.8, 4) is 5.75 Å². The van der Waals surface area contributed by atoms with Crippen molar-refractivity contribution in [2.45, 2.75) is 33.2 Å². The summed E-state index contributed by atoms with van der Waals surface area (Å²) >= 11 is 0. The molecule has 1 rings (SSSR count). The van der Waals surface area contributed by atoms with Gasteiger partial charge < -0.3 is 20.1 Å². The maximum absolute atomic E-state index is 12.1. The van der Waals surface area contributed by atoms with Crippen molar-refractivity contribution in [2.24, 2.45) is 0 Å².